The molecule has 0 bridgehead atoms. The van der Waals surface area contributed by atoms with Gasteiger partial charge in [-0.15, -0.1) is 0 Å². The average molecular weight is 269 g/mol. The Morgan fingerprint density at radius 1 is 1.05 bits per heavy atom. The first-order valence-corrected chi connectivity index (χ1v) is 8.16. The first kappa shape index (κ1) is 15.3. The number of rotatable bonds is 7. The predicted molar refractivity (Wildman–Crippen MR) is 78.4 cm³/mol. The molecule has 0 N–H and O–H groups in total. The maximum Gasteiger partial charge on any atom is 0.0628 e. The van der Waals surface area contributed by atoms with Crippen LogP contribution < -0.4 is 0 Å². The first-order valence-electron chi connectivity index (χ1n) is 8.16. The predicted octanol–water partition coefficient (Wildman–Crippen LogP) is 3.08. The Kier molecular flexibility index (Phi) is 6.11. The second-order valence-electron chi connectivity index (χ2n) is 6.53. The third kappa shape index (κ3) is 5.05. The maximum absolute atomic E-state index is 6.17. The van der Waals surface area contributed by atoms with Crippen molar-refractivity contribution in [3.63, 3.8) is 0 Å². The largest absolute Gasteiger partial charge is 0.378 e. The summed E-state index contributed by atoms with van der Waals surface area (Å²) in [5.74, 6) is 0.819. The Morgan fingerprint density at radius 2 is 1.74 bits per heavy atom. The molecule has 0 amide bonds. The molecule has 2 aliphatic rings. The Morgan fingerprint density at radius 3 is 2.32 bits per heavy atom. The molecule has 0 aromatic heterocycles. The lowest BCUT2D eigenvalue weighted by molar-refractivity contribution is -0.133. The summed E-state index contributed by atoms with van der Waals surface area (Å²) >= 11 is 0. The van der Waals surface area contributed by atoms with E-state index in [0.717, 1.165) is 25.4 Å². The van der Waals surface area contributed by atoms with Gasteiger partial charge in [-0.2, -0.15) is 0 Å². The zero-order valence-corrected chi connectivity index (χ0v) is 12.9. The summed E-state index contributed by atoms with van der Waals surface area (Å²) in [5.41, 5.74) is 0. The molecule has 1 aliphatic carbocycles. The van der Waals surface area contributed by atoms with Crippen LogP contribution in [0.1, 0.15) is 52.9 Å². The fraction of sp³-hybridized carbons (Fsp3) is 1.00. The van der Waals surface area contributed by atoms with Crippen LogP contribution in [0.5, 0.6) is 0 Å². The van der Waals surface area contributed by atoms with Gasteiger partial charge in [0.15, 0.2) is 0 Å². The monoisotopic (exact) mass is 269 g/mol. The number of piperidine rings is 1. The Bertz CT molecular complexity index is 243. The van der Waals surface area contributed by atoms with E-state index in [2.05, 4.69) is 25.7 Å². The van der Waals surface area contributed by atoms with Crippen LogP contribution in [0.4, 0.5) is 0 Å². The molecular weight excluding hydrogens is 238 g/mol. The number of likely N-dealkylation sites (tertiary alicyclic amines) is 1. The van der Waals surface area contributed by atoms with Gasteiger partial charge >= 0.3 is 0 Å². The van der Waals surface area contributed by atoms with Crippen LogP contribution in [-0.2, 0) is 9.47 Å². The van der Waals surface area contributed by atoms with Crippen LogP contribution in [0.15, 0.2) is 0 Å². The summed E-state index contributed by atoms with van der Waals surface area (Å²) in [6.45, 7) is 11.2. The normalized spacial score (nSPS) is 29.7. The maximum atomic E-state index is 6.17. The number of nitrogens with zero attached hydrogens (tertiary/aromatic N) is 1. The van der Waals surface area contributed by atoms with E-state index in [1.54, 1.807) is 0 Å². The van der Waals surface area contributed by atoms with E-state index in [0.29, 0.717) is 18.3 Å². The highest BCUT2D eigenvalue weighted by Crippen LogP contribution is 2.29. The second kappa shape index (κ2) is 7.61. The lowest BCUT2D eigenvalue weighted by atomic mass is 9.91. The highest BCUT2D eigenvalue weighted by molar-refractivity contribution is 4.83. The summed E-state index contributed by atoms with van der Waals surface area (Å²) in [5, 5.41) is 0. The van der Waals surface area contributed by atoms with E-state index in [1.165, 1.54) is 38.9 Å². The van der Waals surface area contributed by atoms with Crippen LogP contribution in [0, 0.1) is 5.92 Å². The van der Waals surface area contributed by atoms with Crippen molar-refractivity contribution in [2.75, 3.05) is 26.2 Å². The zero-order chi connectivity index (χ0) is 13.7. The van der Waals surface area contributed by atoms with Crippen LogP contribution in [-0.4, -0.2) is 49.5 Å². The molecule has 1 saturated heterocycles. The molecule has 0 atom stereocenters. The average Bonchev–Trinajstić information content (AvgIpc) is 2.35. The van der Waals surface area contributed by atoms with E-state index < -0.39 is 0 Å². The van der Waals surface area contributed by atoms with Gasteiger partial charge in [-0.05, 0) is 51.5 Å². The van der Waals surface area contributed by atoms with Crippen LogP contribution >= 0.6 is 0 Å². The van der Waals surface area contributed by atoms with Gasteiger partial charge in [0.05, 0.1) is 18.3 Å². The summed E-state index contributed by atoms with van der Waals surface area (Å²) in [4.78, 5) is 2.60. The Balaban J connectivity index is 1.54. The van der Waals surface area contributed by atoms with Gasteiger partial charge < -0.3 is 14.4 Å². The molecule has 0 aromatic carbocycles. The minimum Gasteiger partial charge on any atom is -0.378 e. The SMILES string of the molecule is CCO[C@H]1C[C@H](OC2CCN(CCC(C)C)CC2)C1. The van der Waals surface area contributed by atoms with Gasteiger partial charge in [0.25, 0.3) is 0 Å². The quantitative estimate of drug-likeness (QED) is 0.709. The van der Waals surface area contributed by atoms with Gasteiger partial charge in [-0.1, -0.05) is 13.8 Å². The molecule has 3 heteroatoms. The molecule has 2 fully saturated rings. The molecule has 0 radical (unpaired) electrons. The van der Waals surface area contributed by atoms with Crippen molar-refractivity contribution < 1.29 is 9.47 Å². The topological polar surface area (TPSA) is 21.7 Å². The van der Waals surface area contributed by atoms with Crippen molar-refractivity contribution in [1.82, 2.24) is 4.90 Å². The molecule has 112 valence electrons. The molecule has 0 spiro atoms. The van der Waals surface area contributed by atoms with E-state index in [-0.39, 0.29) is 0 Å². The van der Waals surface area contributed by atoms with Gasteiger partial charge in [-0.25, -0.2) is 0 Å². The smallest absolute Gasteiger partial charge is 0.0628 e. The fourth-order valence-electron chi connectivity index (χ4n) is 2.98. The second-order valence-corrected chi connectivity index (χ2v) is 6.53. The molecule has 0 unspecified atom stereocenters. The lowest BCUT2D eigenvalue weighted by Gasteiger charge is -2.39. The third-order valence-electron chi connectivity index (χ3n) is 4.40. The molecular formula is C16H31NO2. The van der Waals surface area contributed by atoms with Crippen molar-refractivity contribution >= 4 is 0 Å². The first-order chi connectivity index (χ1) is 9.17. The molecule has 1 saturated carbocycles. The summed E-state index contributed by atoms with van der Waals surface area (Å²) in [6, 6.07) is 0. The number of ether oxygens (including phenoxy) is 2. The summed E-state index contributed by atoms with van der Waals surface area (Å²) < 4.78 is 11.8. The summed E-state index contributed by atoms with van der Waals surface area (Å²) in [6.07, 6.45) is 7.43. The van der Waals surface area contributed by atoms with Crippen LogP contribution in [0.3, 0.4) is 0 Å². The van der Waals surface area contributed by atoms with Crippen molar-refractivity contribution in [2.24, 2.45) is 5.92 Å². The van der Waals surface area contributed by atoms with Gasteiger partial charge in [0, 0.05) is 19.7 Å². The molecule has 2 rings (SSSR count). The molecule has 1 heterocycles. The highest BCUT2D eigenvalue weighted by atomic mass is 16.5. The number of hydrogen-bond acceptors (Lipinski definition) is 3. The Labute approximate surface area is 118 Å². The highest BCUT2D eigenvalue weighted by Gasteiger charge is 2.33. The molecule has 19 heavy (non-hydrogen) atoms. The minimum absolute atomic E-state index is 0.473. The Hall–Kier alpha value is -0.120. The van der Waals surface area contributed by atoms with E-state index >= 15 is 0 Å². The molecule has 0 aromatic rings. The van der Waals surface area contributed by atoms with Crippen molar-refractivity contribution in [2.45, 2.75) is 71.2 Å². The number of hydrogen-bond donors (Lipinski definition) is 0. The zero-order valence-electron chi connectivity index (χ0n) is 12.9. The van der Waals surface area contributed by atoms with Crippen LogP contribution in [0.25, 0.3) is 0 Å². The standard InChI is InChI=1S/C16H31NO2/c1-4-18-15-11-16(12-15)19-14-6-9-17(10-7-14)8-5-13(2)3/h13-16H,4-12H2,1-3H3/t15-,16-. The van der Waals surface area contributed by atoms with Crippen molar-refractivity contribution in [3.8, 4) is 0 Å². The summed E-state index contributed by atoms with van der Waals surface area (Å²) in [7, 11) is 0. The minimum atomic E-state index is 0.473. The van der Waals surface area contributed by atoms with Crippen LogP contribution in [0.2, 0.25) is 0 Å². The van der Waals surface area contributed by atoms with E-state index in [9.17, 15) is 0 Å². The fourth-order valence-corrected chi connectivity index (χ4v) is 2.98. The van der Waals surface area contributed by atoms with Crippen molar-refractivity contribution in [3.05, 3.63) is 0 Å². The molecule has 1 aliphatic heterocycles. The van der Waals surface area contributed by atoms with E-state index in [1.807, 2.05) is 0 Å². The lowest BCUT2D eigenvalue weighted by Crippen LogP contribution is -2.43. The molecule has 3 nitrogen and oxygen atoms in total. The van der Waals surface area contributed by atoms with Gasteiger partial charge in [-0.3, -0.25) is 0 Å². The van der Waals surface area contributed by atoms with Gasteiger partial charge in [0.1, 0.15) is 0 Å². The van der Waals surface area contributed by atoms with Crippen molar-refractivity contribution in [1.29, 1.82) is 0 Å². The van der Waals surface area contributed by atoms with E-state index in [4.69, 9.17) is 9.47 Å². The third-order valence-corrected chi connectivity index (χ3v) is 4.40. The van der Waals surface area contributed by atoms with Gasteiger partial charge in [0.2, 0.25) is 0 Å².